The summed E-state index contributed by atoms with van der Waals surface area (Å²) in [5, 5.41) is 2.79. The van der Waals surface area contributed by atoms with Gasteiger partial charge in [0.1, 0.15) is 0 Å². The summed E-state index contributed by atoms with van der Waals surface area (Å²) in [6.45, 7) is 8.42. The van der Waals surface area contributed by atoms with Crippen molar-refractivity contribution in [3.63, 3.8) is 0 Å². The quantitative estimate of drug-likeness (QED) is 0.766. The first-order valence-corrected chi connectivity index (χ1v) is 6.06. The fraction of sp³-hybridized carbons (Fsp3) is 0.462. The topological polar surface area (TPSA) is 58.4 Å². The number of nitrogens with zero attached hydrogens (tertiary/aromatic N) is 1. The molecule has 4 heteroatoms. The lowest BCUT2D eigenvalue weighted by Gasteiger charge is -2.23. The van der Waals surface area contributed by atoms with Gasteiger partial charge < -0.3 is 16.0 Å². The van der Waals surface area contributed by atoms with Crippen LogP contribution in [0.2, 0.25) is 0 Å². The van der Waals surface area contributed by atoms with E-state index in [9.17, 15) is 4.79 Å². The van der Waals surface area contributed by atoms with Crippen molar-refractivity contribution in [2.75, 3.05) is 30.3 Å². The lowest BCUT2D eigenvalue weighted by molar-refractivity contribution is 0.0956. The zero-order valence-electron chi connectivity index (χ0n) is 10.8. The molecule has 0 bridgehead atoms. The van der Waals surface area contributed by atoms with Gasteiger partial charge in [0, 0.05) is 25.2 Å². The van der Waals surface area contributed by atoms with Crippen molar-refractivity contribution in [1.82, 2.24) is 5.32 Å². The SMILES string of the molecule is CCNC(=O)c1ccc(N)c(N(CC)CC)c1. The van der Waals surface area contributed by atoms with Crippen molar-refractivity contribution in [2.45, 2.75) is 20.8 Å². The maximum atomic E-state index is 11.7. The first-order chi connectivity index (χ1) is 8.13. The van der Waals surface area contributed by atoms with Gasteiger partial charge in [-0.05, 0) is 39.0 Å². The lowest BCUT2D eigenvalue weighted by atomic mass is 10.1. The van der Waals surface area contributed by atoms with E-state index < -0.39 is 0 Å². The number of rotatable bonds is 5. The van der Waals surface area contributed by atoms with Crippen molar-refractivity contribution in [1.29, 1.82) is 0 Å². The Hall–Kier alpha value is -1.71. The third-order valence-electron chi connectivity index (χ3n) is 2.73. The molecule has 0 aromatic heterocycles. The second-order valence-electron chi connectivity index (χ2n) is 3.81. The van der Waals surface area contributed by atoms with Crippen LogP contribution in [0.5, 0.6) is 0 Å². The van der Waals surface area contributed by atoms with Gasteiger partial charge in [-0.15, -0.1) is 0 Å². The van der Waals surface area contributed by atoms with Gasteiger partial charge in [-0.1, -0.05) is 0 Å². The van der Waals surface area contributed by atoms with Crippen LogP contribution in [0.25, 0.3) is 0 Å². The van der Waals surface area contributed by atoms with E-state index >= 15 is 0 Å². The Labute approximate surface area is 103 Å². The van der Waals surface area contributed by atoms with E-state index in [1.165, 1.54) is 0 Å². The molecule has 4 nitrogen and oxygen atoms in total. The van der Waals surface area contributed by atoms with Gasteiger partial charge >= 0.3 is 0 Å². The summed E-state index contributed by atoms with van der Waals surface area (Å²) in [4.78, 5) is 13.9. The molecule has 3 N–H and O–H groups in total. The molecule has 0 aliphatic rings. The molecule has 1 aromatic carbocycles. The van der Waals surface area contributed by atoms with Crippen molar-refractivity contribution < 1.29 is 4.79 Å². The number of benzene rings is 1. The molecule has 0 aliphatic carbocycles. The Balaban J connectivity index is 3.05. The van der Waals surface area contributed by atoms with Crippen LogP contribution in [0.15, 0.2) is 18.2 Å². The molecule has 0 heterocycles. The molecule has 1 aromatic rings. The maximum absolute atomic E-state index is 11.7. The Morgan fingerprint density at radius 3 is 2.47 bits per heavy atom. The third kappa shape index (κ3) is 3.12. The van der Waals surface area contributed by atoms with Gasteiger partial charge in [0.25, 0.3) is 5.91 Å². The summed E-state index contributed by atoms with van der Waals surface area (Å²) in [5.74, 6) is -0.0547. The molecule has 0 spiro atoms. The van der Waals surface area contributed by atoms with Crippen LogP contribution in [-0.2, 0) is 0 Å². The number of nitrogens with one attached hydrogen (secondary N) is 1. The van der Waals surface area contributed by atoms with E-state index in [0.717, 1.165) is 18.8 Å². The zero-order valence-corrected chi connectivity index (χ0v) is 10.8. The highest BCUT2D eigenvalue weighted by Crippen LogP contribution is 2.24. The Bertz CT molecular complexity index is 386. The summed E-state index contributed by atoms with van der Waals surface area (Å²) in [6.07, 6.45) is 0. The number of carbonyl (C=O) groups excluding carboxylic acids is 1. The molecule has 0 fully saturated rings. The highest BCUT2D eigenvalue weighted by Gasteiger charge is 2.10. The molecule has 1 rings (SSSR count). The Morgan fingerprint density at radius 1 is 1.29 bits per heavy atom. The molecule has 0 unspecified atom stereocenters. The fourth-order valence-electron chi connectivity index (χ4n) is 1.79. The van der Waals surface area contributed by atoms with Crippen molar-refractivity contribution in [3.8, 4) is 0 Å². The van der Waals surface area contributed by atoms with Gasteiger partial charge in [-0.2, -0.15) is 0 Å². The molecular formula is C13H21N3O. The molecule has 0 aliphatic heterocycles. The first kappa shape index (κ1) is 13.4. The van der Waals surface area contributed by atoms with Crippen LogP contribution in [0.4, 0.5) is 11.4 Å². The van der Waals surface area contributed by atoms with Crippen LogP contribution >= 0.6 is 0 Å². The standard InChI is InChI=1S/C13H21N3O/c1-4-15-13(17)10-7-8-11(14)12(9-10)16(5-2)6-3/h7-9H,4-6,14H2,1-3H3,(H,15,17). The van der Waals surface area contributed by atoms with Crippen LogP contribution in [0, 0.1) is 0 Å². The van der Waals surface area contributed by atoms with E-state index in [0.29, 0.717) is 17.8 Å². The smallest absolute Gasteiger partial charge is 0.251 e. The summed E-state index contributed by atoms with van der Waals surface area (Å²) in [7, 11) is 0. The highest BCUT2D eigenvalue weighted by molar-refractivity contribution is 5.96. The number of carbonyl (C=O) groups is 1. The molecule has 0 saturated heterocycles. The predicted octanol–water partition coefficient (Wildman–Crippen LogP) is 1.86. The summed E-state index contributed by atoms with van der Waals surface area (Å²) >= 11 is 0. The molecule has 0 saturated carbocycles. The third-order valence-corrected chi connectivity index (χ3v) is 2.73. The average molecular weight is 235 g/mol. The van der Waals surface area contributed by atoms with E-state index in [1.54, 1.807) is 12.1 Å². The van der Waals surface area contributed by atoms with Gasteiger partial charge in [0.2, 0.25) is 0 Å². The number of hydrogen-bond acceptors (Lipinski definition) is 3. The zero-order chi connectivity index (χ0) is 12.8. The largest absolute Gasteiger partial charge is 0.397 e. The maximum Gasteiger partial charge on any atom is 0.251 e. The molecular weight excluding hydrogens is 214 g/mol. The predicted molar refractivity (Wildman–Crippen MR) is 72.4 cm³/mol. The molecule has 0 radical (unpaired) electrons. The second kappa shape index (κ2) is 6.13. The fourth-order valence-corrected chi connectivity index (χ4v) is 1.79. The van der Waals surface area contributed by atoms with Gasteiger partial charge in [0.15, 0.2) is 0 Å². The van der Waals surface area contributed by atoms with Crippen molar-refractivity contribution in [2.24, 2.45) is 0 Å². The number of amides is 1. The summed E-state index contributed by atoms with van der Waals surface area (Å²) < 4.78 is 0. The Morgan fingerprint density at radius 2 is 1.94 bits per heavy atom. The average Bonchev–Trinajstić information content (AvgIpc) is 2.33. The van der Waals surface area contributed by atoms with Crippen LogP contribution in [0.3, 0.4) is 0 Å². The van der Waals surface area contributed by atoms with E-state index in [-0.39, 0.29) is 5.91 Å². The van der Waals surface area contributed by atoms with Gasteiger partial charge in [0.05, 0.1) is 11.4 Å². The van der Waals surface area contributed by atoms with E-state index in [2.05, 4.69) is 24.1 Å². The number of hydrogen-bond donors (Lipinski definition) is 2. The summed E-state index contributed by atoms with van der Waals surface area (Å²) in [6, 6.07) is 5.40. The van der Waals surface area contributed by atoms with Crippen LogP contribution < -0.4 is 16.0 Å². The van der Waals surface area contributed by atoms with Crippen LogP contribution in [0.1, 0.15) is 31.1 Å². The molecule has 0 atom stereocenters. The second-order valence-corrected chi connectivity index (χ2v) is 3.81. The lowest BCUT2D eigenvalue weighted by Crippen LogP contribution is -2.25. The number of nitrogen functional groups attached to an aromatic ring is 1. The molecule has 1 amide bonds. The Kier molecular flexibility index (Phi) is 4.82. The van der Waals surface area contributed by atoms with Crippen LogP contribution in [-0.4, -0.2) is 25.5 Å². The van der Waals surface area contributed by atoms with E-state index in [1.807, 2.05) is 13.0 Å². The van der Waals surface area contributed by atoms with Gasteiger partial charge in [-0.25, -0.2) is 0 Å². The minimum Gasteiger partial charge on any atom is -0.397 e. The number of nitrogens with two attached hydrogens (primary N) is 1. The monoisotopic (exact) mass is 235 g/mol. The van der Waals surface area contributed by atoms with Crippen molar-refractivity contribution >= 4 is 17.3 Å². The minimum atomic E-state index is -0.0547. The van der Waals surface area contributed by atoms with Gasteiger partial charge in [-0.3, -0.25) is 4.79 Å². The van der Waals surface area contributed by atoms with Crippen molar-refractivity contribution in [3.05, 3.63) is 23.8 Å². The minimum absolute atomic E-state index is 0.0547. The molecule has 94 valence electrons. The highest BCUT2D eigenvalue weighted by atomic mass is 16.1. The number of anilines is 2. The van der Waals surface area contributed by atoms with E-state index in [4.69, 9.17) is 5.73 Å². The normalized spacial score (nSPS) is 10.1. The molecule has 17 heavy (non-hydrogen) atoms. The summed E-state index contributed by atoms with van der Waals surface area (Å²) in [5.41, 5.74) is 8.24. The first-order valence-electron chi connectivity index (χ1n) is 6.06.